The van der Waals surface area contributed by atoms with Gasteiger partial charge in [-0.1, -0.05) is 6.07 Å². The van der Waals surface area contributed by atoms with E-state index < -0.39 is 41.6 Å². The average molecular weight is 294 g/mol. The molecule has 1 N–H and O–H groups in total. The van der Waals surface area contributed by atoms with Crippen molar-refractivity contribution in [1.29, 1.82) is 0 Å². The van der Waals surface area contributed by atoms with Crippen molar-refractivity contribution in [3.05, 3.63) is 35.4 Å². The lowest BCUT2D eigenvalue weighted by molar-refractivity contribution is -0.137. The number of halogens is 5. The smallest absolute Gasteiger partial charge is 0.416 e. The maximum atomic E-state index is 13.6. The number of hydrogen-bond acceptors (Lipinski definition) is 2. The Morgan fingerprint density at radius 1 is 1.35 bits per heavy atom. The summed E-state index contributed by atoms with van der Waals surface area (Å²) in [7, 11) is 0. The van der Waals surface area contributed by atoms with E-state index in [2.05, 4.69) is 4.74 Å². The number of hydrogen-bond donors (Lipinski definition) is 1. The maximum absolute atomic E-state index is 13.6. The zero-order valence-electron chi connectivity index (χ0n) is 9.67. The molecule has 0 amide bonds. The van der Waals surface area contributed by atoms with Crippen molar-refractivity contribution in [2.24, 2.45) is 0 Å². The van der Waals surface area contributed by atoms with Gasteiger partial charge in [-0.05, 0) is 12.1 Å². The Morgan fingerprint density at radius 2 is 2.00 bits per heavy atom. The van der Waals surface area contributed by atoms with E-state index >= 15 is 0 Å². The summed E-state index contributed by atoms with van der Waals surface area (Å²) in [5.41, 5.74) is -2.30. The summed E-state index contributed by atoms with van der Waals surface area (Å²) in [6, 6.07) is 1.94. The zero-order valence-corrected chi connectivity index (χ0v) is 9.67. The third-order valence-electron chi connectivity index (χ3n) is 2.67. The third kappa shape index (κ3) is 2.59. The topological polar surface area (TPSA) is 46.5 Å². The van der Waals surface area contributed by atoms with Crippen LogP contribution in [-0.4, -0.2) is 23.6 Å². The first-order valence-electron chi connectivity index (χ1n) is 5.28. The van der Waals surface area contributed by atoms with Gasteiger partial charge in [-0.2, -0.15) is 22.0 Å². The second kappa shape index (κ2) is 4.46. The standard InChI is InChI=1S/C12H7F5O3/c13-11(14)5-20-9-3-6(12(15,16)17)1-2-7(9)8(11)4-10(18)19/h1-4H,5H2,(H,18,19)/b8-4+. The second-order valence-electron chi connectivity index (χ2n) is 4.10. The van der Waals surface area contributed by atoms with E-state index in [1.165, 1.54) is 0 Å². The molecule has 20 heavy (non-hydrogen) atoms. The van der Waals surface area contributed by atoms with Gasteiger partial charge in [0.05, 0.1) is 5.56 Å². The highest BCUT2D eigenvalue weighted by molar-refractivity contribution is 5.93. The summed E-state index contributed by atoms with van der Waals surface area (Å²) in [5, 5.41) is 8.58. The molecule has 0 aromatic heterocycles. The number of ether oxygens (including phenoxy) is 1. The van der Waals surface area contributed by atoms with Crippen LogP contribution < -0.4 is 4.74 Å². The SMILES string of the molecule is O=C(O)/C=C1\c2ccc(C(F)(F)F)cc2OCC1(F)F. The number of aliphatic carboxylic acids is 1. The Labute approximate surface area is 109 Å². The number of carboxylic acids is 1. The van der Waals surface area contributed by atoms with Gasteiger partial charge in [0, 0.05) is 17.2 Å². The number of rotatable bonds is 1. The van der Waals surface area contributed by atoms with Crippen LogP contribution >= 0.6 is 0 Å². The van der Waals surface area contributed by atoms with Gasteiger partial charge in [-0.25, -0.2) is 4.79 Å². The van der Waals surface area contributed by atoms with E-state index in [-0.39, 0.29) is 11.6 Å². The van der Waals surface area contributed by atoms with Gasteiger partial charge in [0.1, 0.15) is 5.75 Å². The fourth-order valence-corrected chi connectivity index (χ4v) is 1.79. The highest BCUT2D eigenvalue weighted by Gasteiger charge is 2.42. The average Bonchev–Trinajstić information content (AvgIpc) is 2.31. The highest BCUT2D eigenvalue weighted by atomic mass is 19.4. The predicted octanol–water partition coefficient (Wildman–Crippen LogP) is 3.20. The van der Waals surface area contributed by atoms with Crippen LogP contribution in [0.4, 0.5) is 22.0 Å². The van der Waals surface area contributed by atoms with Crippen molar-refractivity contribution in [3.8, 4) is 5.75 Å². The van der Waals surface area contributed by atoms with Crippen LogP contribution in [0.15, 0.2) is 24.3 Å². The molecule has 1 aliphatic heterocycles. The van der Waals surface area contributed by atoms with E-state index in [1.807, 2.05) is 0 Å². The van der Waals surface area contributed by atoms with Crippen LogP contribution in [0.2, 0.25) is 0 Å². The Bertz CT molecular complexity index is 589. The molecule has 0 unspecified atom stereocenters. The monoisotopic (exact) mass is 294 g/mol. The molecule has 1 heterocycles. The van der Waals surface area contributed by atoms with Gasteiger partial charge in [-0.15, -0.1) is 0 Å². The van der Waals surface area contributed by atoms with Crippen LogP contribution in [0.3, 0.4) is 0 Å². The lowest BCUT2D eigenvalue weighted by Crippen LogP contribution is -2.32. The molecule has 0 atom stereocenters. The number of benzene rings is 1. The quantitative estimate of drug-likeness (QED) is 0.639. The van der Waals surface area contributed by atoms with E-state index in [1.54, 1.807) is 0 Å². The number of alkyl halides is 5. The van der Waals surface area contributed by atoms with Crippen LogP contribution in [0, 0.1) is 0 Å². The van der Waals surface area contributed by atoms with Crippen LogP contribution in [0.1, 0.15) is 11.1 Å². The van der Waals surface area contributed by atoms with Crippen molar-refractivity contribution < 1.29 is 36.6 Å². The Hall–Kier alpha value is -2.12. The van der Waals surface area contributed by atoms with Gasteiger partial charge < -0.3 is 9.84 Å². The third-order valence-corrected chi connectivity index (χ3v) is 2.67. The molecule has 2 rings (SSSR count). The molecular formula is C12H7F5O3. The summed E-state index contributed by atoms with van der Waals surface area (Å²) in [6.45, 7) is -1.21. The van der Waals surface area contributed by atoms with Gasteiger partial charge in [0.2, 0.25) is 0 Å². The maximum Gasteiger partial charge on any atom is 0.416 e. The normalized spacial score (nSPS) is 19.4. The minimum absolute atomic E-state index is 0.272. The Morgan fingerprint density at radius 3 is 2.55 bits per heavy atom. The molecule has 1 aromatic rings. The fraction of sp³-hybridized carbons (Fsp3) is 0.250. The Kier molecular flexibility index (Phi) is 3.19. The highest BCUT2D eigenvalue weighted by Crippen LogP contribution is 2.44. The van der Waals surface area contributed by atoms with Crippen molar-refractivity contribution in [3.63, 3.8) is 0 Å². The molecule has 0 radical (unpaired) electrons. The molecule has 0 saturated carbocycles. The van der Waals surface area contributed by atoms with Crippen molar-refractivity contribution in [2.45, 2.75) is 12.1 Å². The molecule has 3 nitrogen and oxygen atoms in total. The largest absolute Gasteiger partial charge is 0.486 e. The van der Waals surface area contributed by atoms with Gasteiger partial charge >= 0.3 is 18.1 Å². The van der Waals surface area contributed by atoms with Crippen LogP contribution in [-0.2, 0) is 11.0 Å². The fourth-order valence-electron chi connectivity index (χ4n) is 1.79. The molecular weight excluding hydrogens is 287 g/mol. The van der Waals surface area contributed by atoms with Crippen molar-refractivity contribution in [1.82, 2.24) is 0 Å². The predicted molar refractivity (Wildman–Crippen MR) is 57.5 cm³/mol. The number of carbonyl (C=O) groups is 1. The number of fused-ring (bicyclic) bond motifs is 1. The van der Waals surface area contributed by atoms with Crippen LogP contribution in [0.25, 0.3) is 5.57 Å². The molecule has 0 saturated heterocycles. The van der Waals surface area contributed by atoms with E-state index in [0.717, 1.165) is 6.07 Å². The summed E-state index contributed by atoms with van der Waals surface area (Å²) in [5.74, 6) is -5.61. The van der Waals surface area contributed by atoms with E-state index in [4.69, 9.17) is 5.11 Å². The molecule has 8 heteroatoms. The van der Waals surface area contributed by atoms with Gasteiger partial charge in [-0.3, -0.25) is 0 Å². The molecule has 0 spiro atoms. The first-order valence-corrected chi connectivity index (χ1v) is 5.28. The van der Waals surface area contributed by atoms with Crippen molar-refractivity contribution >= 4 is 11.5 Å². The minimum Gasteiger partial charge on any atom is -0.486 e. The second-order valence-corrected chi connectivity index (χ2v) is 4.10. The lowest BCUT2D eigenvalue weighted by Gasteiger charge is -2.28. The summed E-state index contributed by atoms with van der Waals surface area (Å²) in [4.78, 5) is 10.6. The number of carboxylic acid groups (broad SMARTS) is 1. The Balaban J connectivity index is 2.57. The molecule has 1 aliphatic rings. The first kappa shape index (κ1) is 14.3. The molecule has 0 fully saturated rings. The van der Waals surface area contributed by atoms with E-state index in [0.29, 0.717) is 12.1 Å². The van der Waals surface area contributed by atoms with Gasteiger partial charge in [0.25, 0.3) is 0 Å². The molecule has 0 bridgehead atoms. The summed E-state index contributed by atoms with van der Waals surface area (Å²) >= 11 is 0. The van der Waals surface area contributed by atoms with Crippen LogP contribution in [0.5, 0.6) is 5.75 Å². The molecule has 0 aliphatic carbocycles. The first-order chi connectivity index (χ1) is 9.11. The van der Waals surface area contributed by atoms with Crippen molar-refractivity contribution in [2.75, 3.05) is 6.61 Å². The van der Waals surface area contributed by atoms with E-state index in [9.17, 15) is 26.7 Å². The molecule has 1 aromatic carbocycles. The summed E-state index contributed by atoms with van der Waals surface area (Å²) in [6.07, 6.45) is -4.37. The molecule has 108 valence electrons. The van der Waals surface area contributed by atoms with Gasteiger partial charge in [0.15, 0.2) is 6.61 Å². The lowest BCUT2D eigenvalue weighted by atomic mass is 9.95. The zero-order chi connectivity index (χ0) is 15.1. The summed E-state index contributed by atoms with van der Waals surface area (Å²) < 4.78 is 69.2. The minimum atomic E-state index is -4.64.